The first-order valence-electron chi connectivity index (χ1n) is 7.44. The highest BCUT2D eigenvalue weighted by Crippen LogP contribution is 2.21. The van der Waals surface area contributed by atoms with E-state index in [9.17, 15) is 4.79 Å². The van der Waals surface area contributed by atoms with Crippen molar-refractivity contribution in [2.45, 2.75) is 44.3 Å². The van der Waals surface area contributed by atoms with Gasteiger partial charge in [0.2, 0.25) is 5.91 Å². The summed E-state index contributed by atoms with van der Waals surface area (Å²) in [5.74, 6) is 0.210. The van der Waals surface area contributed by atoms with E-state index in [1.807, 2.05) is 21.0 Å². The molecule has 0 aromatic heterocycles. The largest absolute Gasteiger partial charge is 0.347 e. The number of amides is 1. The Labute approximate surface area is 116 Å². The molecule has 0 radical (unpaired) electrons. The molecular weight excluding hydrogens is 240 g/mol. The van der Waals surface area contributed by atoms with E-state index < -0.39 is 0 Å². The molecule has 110 valence electrons. The lowest BCUT2D eigenvalue weighted by molar-refractivity contribution is -0.133. The van der Waals surface area contributed by atoms with E-state index in [0.717, 1.165) is 39.0 Å². The van der Waals surface area contributed by atoms with Crippen LogP contribution in [0.3, 0.4) is 0 Å². The van der Waals surface area contributed by atoms with Crippen molar-refractivity contribution in [3.05, 3.63) is 0 Å². The summed E-state index contributed by atoms with van der Waals surface area (Å²) in [4.78, 5) is 18.6. The fourth-order valence-electron chi connectivity index (χ4n) is 3.23. The highest BCUT2D eigenvalue weighted by Gasteiger charge is 2.34. The average Bonchev–Trinajstić information content (AvgIpc) is 2.87. The van der Waals surface area contributed by atoms with Gasteiger partial charge in [0.25, 0.3) is 0 Å². The first kappa shape index (κ1) is 14.8. The molecule has 5 heteroatoms. The van der Waals surface area contributed by atoms with Gasteiger partial charge in [-0.25, -0.2) is 0 Å². The summed E-state index contributed by atoms with van der Waals surface area (Å²) in [7, 11) is 3.66. The summed E-state index contributed by atoms with van der Waals surface area (Å²) in [5, 5.41) is 0. The predicted molar refractivity (Wildman–Crippen MR) is 76.9 cm³/mol. The van der Waals surface area contributed by atoms with Crippen LogP contribution in [-0.2, 0) is 4.79 Å². The van der Waals surface area contributed by atoms with Gasteiger partial charge in [0, 0.05) is 39.3 Å². The zero-order valence-corrected chi connectivity index (χ0v) is 12.5. The van der Waals surface area contributed by atoms with Gasteiger partial charge < -0.3 is 10.6 Å². The third kappa shape index (κ3) is 3.46. The molecule has 2 rings (SSSR count). The van der Waals surface area contributed by atoms with E-state index in [0.29, 0.717) is 12.1 Å². The van der Waals surface area contributed by atoms with Crippen LogP contribution in [0.4, 0.5) is 0 Å². The fraction of sp³-hybridized carbons (Fsp3) is 0.929. The summed E-state index contributed by atoms with van der Waals surface area (Å²) in [6.45, 7) is 6.33. The molecule has 1 amide bonds. The second-order valence-electron chi connectivity index (χ2n) is 6.22. The third-order valence-electron chi connectivity index (χ3n) is 4.63. The smallest absolute Gasteiger partial charge is 0.239 e. The SMILES string of the molecule is CC(C(=O)N(C)C)N1CCC(N2CCC(N)CC2)C1. The lowest BCUT2D eigenvalue weighted by Crippen LogP contribution is -2.48. The zero-order valence-electron chi connectivity index (χ0n) is 12.5. The maximum atomic E-state index is 12.0. The molecule has 0 aromatic carbocycles. The lowest BCUT2D eigenvalue weighted by atomic mass is 10.0. The molecule has 19 heavy (non-hydrogen) atoms. The molecule has 2 N–H and O–H groups in total. The van der Waals surface area contributed by atoms with Crippen molar-refractivity contribution in [3.63, 3.8) is 0 Å². The Kier molecular flexibility index (Phi) is 4.81. The summed E-state index contributed by atoms with van der Waals surface area (Å²) >= 11 is 0. The number of likely N-dealkylation sites (N-methyl/N-ethyl adjacent to an activating group) is 1. The molecule has 2 saturated heterocycles. The number of hydrogen-bond acceptors (Lipinski definition) is 4. The number of likely N-dealkylation sites (tertiary alicyclic amines) is 2. The highest BCUT2D eigenvalue weighted by molar-refractivity contribution is 5.80. The lowest BCUT2D eigenvalue weighted by Gasteiger charge is -2.35. The van der Waals surface area contributed by atoms with Crippen LogP contribution in [0.1, 0.15) is 26.2 Å². The van der Waals surface area contributed by atoms with Gasteiger partial charge in [0.15, 0.2) is 0 Å². The van der Waals surface area contributed by atoms with Crippen LogP contribution in [0.15, 0.2) is 0 Å². The Balaban J connectivity index is 1.84. The van der Waals surface area contributed by atoms with E-state index in [1.54, 1.807) is 4.90 Å². The molecule has 5 nitrogen and oxygen atoms in total. The average molecular weight is 268 g/mol. The monoisotopic (exact) mass is 268 g/mol. The molecule has 0 saturated carbocycles. The Morgan fingerprint density at radius 2 is 1.84 bits per heavy atom. The van der Waals surface area contributed by atoms with E-state index >= 15 is 0 Å². The molecular formula is C14H28N4O. The minimum absolute atomic E-state index is 0.00653. The van der Waals surface area contributed by atoms with Crippen LogP contribution in [0.5, 0.6) is 0 Å². The van der Waals surface area contributed by atoms with Gasteiger partial charge in [-0.2, -0.15) is 0 Å². The maximum Gasteiger partial charge on any atom is 0.239 e. The summed E-state index contributed by atoms with van der Waals surface area (Å²) < 4.78 is 0. The first-order chi connectivity index (χ1) is 8.99. The van der Waals surface area contributed by atoms with Crippen LogP contribution in [0.2, 0.25) is 0 Å². The van der Waals surface area contributed by atoms with Gasteiger partial charge in [0.05, 0.1) is 6.04 Å². The molecule has 2 aliphatic heterocycles. The van der Waals surface area contributed by atoms with Crippen molar-refractivity contribution < 1.29 is 4.79 Å². The predicted octanol–water partition coefficient (Wildman–Crippen LogP) is -0.0395. The van der Waals surface area contributed by atoms with Crippen LogP contribution >= 0.6 is 0 Å². The first-order valence-corrected chi connectivity index (χ1v) is 7.44. The summed E-state index contributed by atoms with van der Waals surface area (Å²) in [5.41, 5.74) is 5.96. The molecule has 0 bridgehead atoms. The maximum absolute atomic E-state index is 12.0. The minimum Gasteiger partial charge on any atom is -0.347 e. The standard InChI is InChI=1S/C14H28N4O/c1-11(14(19)16(2)3)18-9-6-13(10-18)17-7-4-12(15)5-8-17/h11-13H,4-10,15H2,1-3H3. The van der Waals surface area contributed by atoms with Gasteiger partial charge in [0.1, 0.15) is 0 Å². The molecule has 0 spiro atoms. The van der Waals surface area contributed by atoms with E-state index in [4.69, 9.17) is 5.73 Å². The van der Waals surface area contributed by atoms with Crippen molar-refractivity contribution in [1.29, 1.82) is 0 Å². The van der Waals surface area contributed by atoms with Crippen LogP contribution in [0, 0.1) is 0 Å². The molecule has 0 aliphatic carbocycles. The quantitative estimate of drug-likeness (QED) is 0.780. The molecule has 2 atom stereocenters. The number of hydrogen-bond donors (Lipinski definition) is 1. The number of rotatable bonds is 3. The minimum atomic E-state index is 0.00653. The van der Waals surface area contributed by atoms with Crippen molar-refractivity contribution in [3.8, 4) is 0 Å². The van der Waals surface area contributed by atoms with E-state index in [1.165, 1.54) is 6.42 Å². The molecule has 2 fully saturated rings. The van der Waals surface area contributed by atoms with Gasteiger partial charge in [-0.3, -0.25) is 14.6 Å². The Bertz CT molecular complexity index is 313. The number of piperidine rings is 1. The number of nitrogens with zero attached hydrogens (tertiary/aromatic N) is 3. The molecule has 0 aromatic rings. The fourth-order valence-corrected chi connectivity index (χ4v) is 3.23. The van der Waals surface area contributed by atoms with E-state index in [-0.39, 0.29) is 11.9 Å². The molecule has 2 aliphatic rings. The summed E-state index contributed by atoms with van der Waals surface area (Å²) in [6.07, 6.45) is 3.41. The second kappa shape index (κ2) is 6.20. The van der Waals surface area contributed by atoms with Crippen LogP contribution in [0.25, 0.3) is 0 Å². The van der Waals surface area contributed by atoms with Crippen molar-refractivity contribution in [2.75, 3.05) is 40.3 Å². The van der Waals surface area contributed by atoms with Crippen LogP contribution < -0.4 is 5.73 Å². The second-order valence-corrected chi connectivity index (χ2v) is 6.22. The normalized spacial score (nSPS) is 28.5. The molecule has 2 heterocycles. The third-order valence-corrected chi connectivity index (χ3v) is 4.63. The number of nitrogens with two attached hydrogens (primary N) is 1. The van der Waals surface area contributed by atoms with Gasteiger partial charge in [-0.15, -0.1) is 0 Å². The number of carbonyl (C=O) groups excluding carboxylic acids is 1. The highest BCUT2D eigenvalue weighted by atomic mass is 16.2. The Hall–Kier alpha value is -0.650. The van der Waals surface area contributed by atoms with Crippen molar-refractivity contribution in [1.82, 2.24) is 14.7 Å². The Morgan fingerprint density at radius 1 is 1.21 bits per heavy atom. The topological polar surface area (TPSA) is 52.8 Å². The van der Waals surface area contributed by atoms with Crippen LogP contribution in [-0.4, -0.2) is 79.0 Å². The van der Waals surface area contributed by atoms with Gasteiger partial charge >= 0.3 is 0 Å². The summed E-state index contributed by atoms with van der Waals surface area (Å²) in [6, 6.07) is 1.01. The molecule has 2 unspecified atom stereocenters. The number of carbonyl (C=O) groups is 1. The van der Waals surface area contributed by atoms with Gasteiger partial charge in [-0.05, 0) is 39.3 Å². The van der Waals surface area contributed by atoms with Crippen molar-refractivity contribution in [2.24, 2.45) is 5.73 Å². The van der Waals surface area contributed by atoms with Crippen molar-refractivity contribution >= 4 is 5.91 Å². The Morgan fingerprint density at radius 3 is 2.42 bits per heavy atom. The van der Waals surface area contributed by atoms with E-state index in [2.05, 4.69) is 9.80 Å². The zero-order chi connectivity index (χ0) is 14.0. The van der Waals surface area contributed by atoms with Gasteiger partial charge in [-0.1, -0.05) is 0 Å².